The van der Waals surface area contributed by atoms with E-state index < -0.39 is 0 Å². The van der Waals surface area contributed by atoms with E-state index in [1.54, 1.807) is 12.1 Å². The molecule has 1 aromatic rings. The Morgan fingerprint density at radius 2 is 2.44 bits per heavy atom. The maximum absolute atomic E-state index is 13.0. The summed E-state index contributed by atoms with van der Waals surface area (Å²) in [5.41, 5.74) is 3.89. The molecule has 0 aliphatic carbocycles. The Morgan fingerprint density at radius 3 is 3.06 bits per heavy atom. The summed E-state index contributed by atoms with van der Waals surface area (Å²) < 4.78 is 13.0. The summed E-state index contributed by atoms with van der Waals surface area (Å²) >= 11 is 1.97. The van der Waals surface area contributed by atoms with E-state index in [2.05, 4.69) is 5.43 Å². The fourth-order valence-corrected chi connectivity index (χ4v) is 3.49. The van der Waals surface area contributed by atoms with Crippen molar-refractivity contribution in [2.24, 2.45) is 11.8 Å². The predicted molar refractivity (Wildman–Crippen MR) is 66.6 cm³/mol. The summed E-state index contributed by atoms with van der Waals surface area (Å²) in [5.74, 6) is 8.39. The van der Waals surface area contributed by atoms with Crippen molar-refractivity contribution in [3.8, 4) is 0 Å². The Hall–Kier alpha value is -0.580. The van der Waals surface area contributed by atoms with E-state index in [1.165, 1.54) is 18.2 Å². The van der Waals surface area contributed by atoms with Crippen LogP contribution in [0.1, 0.15) is 12.0 Å². The van der Waals surface area contributed by atoms with Crippen molar-refractivity contribution in [2.45, 2.75) is 18.9 Å². The molecule has 1 heterocycles. The minimum atomic E-state index is -0.172. The molecule has 0 aromatic heterocycles. The lowest BCUT2D eigenvalue weighted by atomic mass is 9.93. The van der Waals surface area contributed by atoms with Crippen LogP contribution in [0.4, 0.5) is 4.39 Å². The highest BCUT2D eigenvalue weighted by molar-refractivity contribution is 7.99. The van der Waals surface area contributed by atoms with Crippen molar-refractivity contribution in [3.63, 3.8) is 0 Å². The number of nitrogens with two attached hydrogens (primary N) is 1. The molecule has 1 fully saturated rings. The van der Waals surface area contributed by atoms with E-state index >= 15 is 0 Å². The third-order valence-corrected chi connectivity index (χ3v) is 4.28. The van der Waals surface area contributed by atoms with Gasteiger partial charge in [-0.15, -0.1) is 0 Å². The highest BCUT2D eigenvalue weighted by Gasteiger charge is 2.24. The van der Waals surface area contributed by atoms with Crippen molar-refractivity contribution in [1.82, 2.24) is 5.43 Å². The van der Waals surface area contributed by atoms with Crippen molar-refractivity contribution in [3.05, 3.63) is 35.6 Å². The van der Waals surface area contributed by atoms with Gasteiger partial charge in [0, 0.05) is 6.04 Å². The smallest absolute Gasteiger partial charge is 0.123 e. The fourth-order valence-electron chi connectivity index (χ4n) is 2.15. The monoisotopic (exact) mass is 240 g/mol. The number of rotatable bonds is 4. The highest BCUT2D eigenvalue weighted by atomic mass is 32.2. The van der Waals surface area contributed by atoms with Crippen molar-refractivity contribution in [1.29, 1.82) is 0 Å². The van der Waals surface area contributed by atoms with Crippen LogP contribution >= 0.6 is 11.8 Å². The quantitative estimate of drug-likeness (QED) is 0.624. The Morgan fingerprint density at radius 1 is 1.56 bits per heavy atom. The maximum atomic E-state index is 13.0. The molecule has 2 atom stereocenters. The first-order valence-electron chi connectivity index (χ1n) is 5.58. The molecule has 0 amide bonds. The van der Waals surface area contributed by atoms with Crippen LogP contribution in [-0.2, 0) is 6.42 Å². The van der Waals surface area contributed by atoms with Gasteiger partial charge in [-0.1, -0.05) is 12.1 Å². The molecule has 2 unspecified atom stereocenters. The molecule has 2 nitrogen and oxygen atoms in total. The molecule has 88 valence electrons. The van der Waals surface area contributed by atoms with Crippen molar-refractivity contribution in [2.75, 3.05) is 11.5 Å². The molecule has 1 aliphatic heterocycles. The van der Waals surface area contributed by atoms with Crippen LogP contribution in [0, 0.1) is 11.7 Å². The average Bonchev–Trinajstić information content (AvgIpc) is 2.79. The second-order valence-electron chi connectivity index (χ2n) is 4.23. The number of hydrogen-bond donors (Lipinski definition) is 2. The molecule has 0 radical (unpaired) electrons. The number of halogens is 1. The Balaban J connectivity index is 2.00. The third kappa shape index (κ3) is 2.97. The Kier molecular flexibility index (Phi) is 4.21. The summed E-state index contributed by atoms with van der Waals surface area (Å²) in [7, 11) is 0. The molecule has 1 saturated heterocycles. The lowest BCUT2D eigenvalue weighted by Gasteiger charge is -2.22. The Bertz CT molecular complexity index is 340. The van der Waals surface area contributed by atoms with Crippen LogP contribution in [0.15, 0.2) is 24.3 Å². The molecule has 2 rings (SSSR count). The van der Waals surface area contributed by atoms with E-state index in [9.17, 15) is 4.39 Å². The summed E-state index contributed by atoms with van der Waals surface area (Å²) in [6, 6.07) is 7.03. The van der Waals surface area contributed by atoms with Gasteiger partial charge in [-0.05, 0) is 48.0 Å². The van der Waals surface area contributed by atoms with Gasteiger partial charge in [0.2, 0.25) is 0 Å². The lowest BCUT2D eigenvalue weighted by molar-refractivity contribution is 0.385. The van der Waals surface area contributed by atoms with Crippen molar-refractivity contribution < 1.29 is 4.39 Å². The molecular weight excluding hydrogens is 223 g/mol. The van der Waals surface area contributed by atoms with E-state index in [4.69, 9.17) is 5.84 Å². The molecular formula is C12H17FN2S. The van der Waals surface area contributed by atoms with E-state index in [-0.39, 0.29) is 11.9 Å². The zero-order valence-corrected chi connectivity index (χ0v) is 9.97. The summed E-state index contributed by atoms with van der Waals surface area (Å²) in [6.45, 7) is 0. The highest BCUT2D eigenvalue weighted by Crippen LogP contribution is 2.27. The SMILES string of the molecule is NNC(Cc1cccc(F)c1)C1CCSC1. The number of benzene rings is 1. The van der Waals surface area contributed by atoms with Gasteiger partial charge in [-0.3, -0.25) is 11.3 Å². The van der Waals surface area contributed by atoms with Crippen LogP contribution in [0.5, 0.6) is 0 Å². The summed E-state index contributed by atoms with van der Waals surface area (Å²) in [4.78, 5) is 0. The maximum Gasteiger partial charge on any atom is 0.123 e. The summed E-state index contributed by atoms with van der Waals surface area (Å²) in [5, 5.41) is 0. The van der Waals surface area contributed by atoms with Gasteiger partial charge in [-0.2, -0.15) is 11.8 Å². The molecule has 1 aliphatic rings. The first-order chi connectivity index (χ1) is 7.79. The first-order valence-corrected chi connectivity index (χ1v) is 6.73. The topological polar surface area (TPSA) is 38.0 Å². The van der Waals surface area contributed by atoms with Gasteiger partial charge in [-0.25, -0.2) is 4.39 Å². The van der Waals surface area contributed by atoms with Gasteiger partial charge in [0.05, 0.1) is 0 Å². The molecule has 16 heavy (non-hydrogen) atoms. The fraction of sp³-hybridized carbons (Fsp3) is 0.500. The van der Waals surface area contributed by atoms with E-state index in [0.29, 0.717) is 5.92 Å². The molecule has 1 aromatic carbocycles. The van der Waals surface area contributed by atoms with E-state index in [1.807, 2.05) is 17.8 Å². The van der Waals surface area contributed by atoms with Gasteiger partial charge >= 0.3 is 0 Å². The second kappa shape index (κ2) is 5.66. The standard InChI is InChI=1S/C12H17FN2S/c13-11-3-1-2-9(6-11)7-12(15-14)10-4-5-16-8-10/h1-3,6,10,12,15H,4-5,7-8,14H2. The summed E-state index contributed by atoms with van der Waals surface area (Å²) in [6.07, 6.45) is 2.01. The number of hydrazine groups is 1. The molecule has 0 spiro atoms. The van der Waals surface area contributed by atoms with Crippen LogP contribution in [0.3, 0.4) is 0 Å². The van der Waals surface area contributed by atoms with Gasteiger partial charge in [0.15, 0.2) is 0 Å². The van der Waals surface area contributed by atoms with E-state index in [0.717, 1.165) is 17.7 Å². The average molecular weight is 240 g/mol. The first kappa shape index (κ1) is 11.9. The Labute approximate surface area is 99.8 Å². The van der Waals surface area contributed by atoms with Crippen LogP contribution in [-0.4, -0.2) is 17.5 Å². The van der Waals surface area contributed by atoms with Crippen molar-refractivity contribution >= 4 is 11.8 Å². The minimum absolute atomic E-state index is 0.172. The number of hydrogen-bond acceptors (Lipinski definition) is 3. The van der Waals surface area contributed by atoms with Gasteiger partial charge in [0.1, 0.15) is 5.82 Å². The largest absolute Gasteiger partial charge is 0.271 e. The molecule has 0 saturated carbocycles. The second-order valence-corrected chi connectivity index (χ2v) is 5.38. The number of nitrogens with one attached hydrogen (secondary N) is 1. The molecule has 3 N–H and O–H groups in total. The number of thioether (sulfide) groups is 1. The van der Waals surface area contributed by atoms with Gasteiger partial charge < -0.3 is 0 Å². The van der Waals surface area contributed by atoms with Gasteiger partial charge in [0.25, 0.3) is 0 Å². The molecule has 0 bridgehead atoms. The van der Waals surface area contributed by atoms with Crippen LogP contribution in [0.2, 0.25) is 0 Å². The predicted octanol–water partition coefficient (Wildman–Crippen LogP) is 1.95. The molecule has 4 heteroatoms. The van der Waals surface area contributed by atoms with Crippen LogP contribution < -0.4 is 11.3 Å². The lowest BCUT2D eigenvalue weighted by Crippen LogP contribution is -2.42. The minimum Gasteiger partial charge on any atom is -0.271 e. The van der Waals surface area contributed by atoms with Crippen LogP contribution in [0.25, 0.3) is 0 Å². The normalized spacial score (nSPS) is 22.2. The zero-order valence-electron chi connectivity index (χ0n) is 9.16. The zero-order chi connectivity index (χ0) is 11.4. The third-order valence-electron chi connectivity index (χ3n) is 3.09.